The molecular weight excluding hydrogens is 292 g/mol. The van der Waals surface area contributed by atoms with Crippen LogP contribution in [0.3, 0.4) is 0 Å². The lowest BCUT2D eigenvalue weighted by atomic mass is 10.1. The zero-order chi connectivity index (χ0) is 13.9. The van der Waals surface area contributed by atoms with Crippen molar-refractivity contribution < 1.29 is 4.79 Å². The van der Waals surface area contributed by atoms with Gasteiger partial charge >= 0.3 is 0 Å². The molecule has 0 bridgehead atoms. The third-order valence-corrected chi connectivity index (χ3v) is 3.82. The van der Waals surface area contributed by atoms with Gasteiger partial charge in [-0.25, -0.2) is 4.98 Å². The summed E-state index contributed by atoms with van der Waals surface area (Å²) in [5.74, 6) is -0.0554. The molecule has 0 saturated carbocycles. The number of carbonyl (C=O) groups is 1. The van der Waals surface area contributed by atoms with Crippen molar-refractivity contribution in [1.29, 1.82) is 0 Å². The molecule has 20 heavy (non-hydrogen) atoms. The minimum absolute atomic E-state index is 0.0554. The van der Waals surface area contributed by atoms with E-state index in [1.165, 1.54) is 11.3 Å². The number of hydrogen-bond acceptors (Lipinski definition) is 3. The molecule has 1 N–H and O–H groups in total. The topological polar surface area (TPSA) is 42.0 Å². The molecule has 3 aromatic rings. The number of aromatic nitrogens is 1. The van der Waals surface area contributed by atoms with Crippen molar-refractivity contribution in [2.45, 2.75) is 6.42 Å². The minimum atomic E-state index is -0.0554. The van der Waals surface area contributed by atoms with Crippen LogP contribution < -0.4 is 5.32 Å². The summed E-state index contributed by atoms with van der Waals surface area (Å²) >= 11 is 7.25. The van der Waals surface area contributed by atoms with Gasteiger partial charge in [0.25, 0.3) is 0 Å². The van der Waals surface area contributed by atoms with E-state index in [4.69, 9.17) is 11.6 Å². The number of anilines is 1. The quantitative estimate of drug-likeness (QED) is 0.796. The van der Waals surface area contributed by atoms with E-state index in [1.54, 1.807) is 12.1 Å². The molecule has 0 fully saturated rings. The fraction of sp³-hybridized carbons (Fsp3) is 0.0667. The summed E-state index contributed by atoms with van der Waals surface area (Å²) in [6.07, 6.45) is 0.323. The van der Waals surface area contributed by atoms with Gasteiger partial charge in [-0.1, -0.05) is 23.7 Å². The van der Waals surface area contributed by atoms with Gasteiger partial charge in [-0.15, -0.1) is 11.3 Å². The van der Waals surface area contributed by atoms with Crippen LogP contribution >= 0.6 is 22.9 Å². The van der Waals surface area contributed by atoms with Gasteiger partial charge in [0.1, 0.15) is 0 Å². The highest BCUT2D eigenvalue weighted by atomic mass is 35.5. The van der Waals surface area contributed by atoms with E-state index in [9.17, 15) is 4.79 Å². The standard InChI is InChI=1S/C15H10ClN2OS/c16-11-3-1-10(2-4-11)7-15(19)18-12-5-6-13-14(8-12)20-9-17-13/h1-6,8H,7H2,(H,18,19). The van der Waals surface area contributed by atoms with Gasteiger partial charge in [0, 0.05) is 10.7 Å². The third kappa shape index (κ3) is 2.98. The second kappa shape index (κ2) is 5.61. The summed E-state index contributed by atoms with van der Waals surface area (Å²) < 4.78 is 1.01. The molecule has 0 aliphatic rings. The van der Waals surface area contributed by atoms with Crippen LogP contribution in [0.2, 0.25) is 5.02 Å². The van der Waals surface area contributed by atoms with Crippen LogP contribution in [0.15, 0.2) is 42.5 Å². The van der Waals surface area contributed by atoms with Gasteiger partial charge in [-0.05, 0) is 35.9 Å². The highest BCUT2D eigenvalue weighted by molar-refractivity contribution is 7.16. The number of nitrogens with one attached hydrogen (secondary N) is 1. The van der Waals surface area contributed by atoms with Crippen molar-refractivity contribution in [3.63, 3.8) is 0 Å². The van der Waals surface area contributed by atoms with E-state index in [-0.39, 0.29) is 5.91 Å². The molecule has 99 valence electrons. The van der Waals surface area contributed by atoms with Crippen LogP contribution in [-0.2, 0) is 11.2 Å². The largest absolute Gasteiger partial charge is 0.326 e. The summed E-state index contributed by atoms with van der Waals surface area (Å²) in [6.45, 7) is 0. The summed E-state index contributed by atoms with van der Waals surface area (Å²) in [5, 5.41) is 3.55. The van der Waals surface area contributed by atoms with Crippen molar-refractivity contribution in [1.82, 2.24) is 4.98 Å². The van der Waals surface area contributed by atoms with Crippen molar-refractivity contribution in [3.8, 4) is 0 Å². The number of thiazole rings is 1. The fourth-order valence-corrected chi connectivity index (χ4v) is 2.65. The van der Waals surface area contributed by atoms with E-state index < -0.39 is 0 Å². The summed E-state index contributed by atoms with van der Waals surface area (Å²) in [4.78, 5) is 16.1. The van der Waals surface area contributed by atoms with E-state index >= 15 is 0 Å². The molecule has 0 aliphatic heterocycles. The second-order valence-electron chi connectivity index (χ2n) is 4.34. The molecule has 1 aromatic heterocycles. The molecule has 0 unspecified atom stereocenters. The van der Waals surface area contributed by atoms with Gasteiger partial charge in [-0.3, -0.25) is 4.79 Å². The molecule has 3 nitrogen and oxygen atoms in total. The molecule has 0 atom stereocenters. The van der Waals surface area contributed by atoms with Crippen LogP contribution in [0.4, 0.5) is 5.69 Å². The average Bonchev–Trinajstić information content (AvgIpc) is 2.89. The van der Waals surface area contributed by atoms with Crippen LogP contribution in [-0.4, -0.2) is 10.9 Å². The van der Waals surface area contributed by atoms with Crippen LogP contribution in [0.5, 0.6) is 0 Å². The molecule has 1 heterocycles. The van der Waals surface area contributed by atoms with Gasteiger partial charge in [0.2, 0.25) is 5.91 Å². The molecular formula is C15H10ClN2OS. The van der Waals surface area contributed by atoms with Crippen molar-refractivity contribution >= 4 is 44.7 Å². The Balaban J connectivity index is 1.70. The summed E-state index contributed by atoms with van der Waals surface area (Å²) in [7, 11) is 0. The highest BCUT2D eigenvalue weighted by Crippen LogP contribution is 2.21. The predicted octanol–water partition coefficient (Wildman–Crippen LogP) is 3.93. The fourth-order valence-electron chi connectivity index (χ4n) is 1.88. The van der Waals surface area contributed by atoms with Gasteiger partial charge < -0.3 is 5.32 Å². The van der Waals surface area contributed by atoms with E-state index in [1.807, 2.05) is 30.3 Å². The highest BCUT2D eigenvalue weighted by Gasteiger charge is 2.05. The molecule has 1 amide bonds. The molecule has 5 heteroatoms. The Kier molecular flexibility index (Phi) is 3.67. The normalized spacial score (nSPS) is 10.7. The maximum absolute atomic E-state index is 12.0. The Morgan fingerprint density at radius 2 is 2.05 bits per heavy atom. The first-order valence-electron chi connectivity index (χ1n) is 6.02. The maximum atomic E-state index is 12.0. The molecule has 3 rings (SSSR count). The summed E-state index contributed by atoms with van der Waals surface area (Å²) in [6, 6.07) is 12.9. The van der Waals surface area contributed by atoms with E-state index in [0.29, 0.717) is 11.4 Å². The Labute approximate surface area is 125 Å². The zero-order valence-electron chi connectivity index (χ0n) is 10.4. The first-order valence-corrected chi connectivity index (χ1v) is 7.21. The smallest absolute Gasteiger partial charge is 0.228 e. The number of carbonyl (C=O) groups excluding carboxylic acids is 1. The van der Waals surface area contributed by atoms with E-state index in [2.05, 4.69) is 15.8 Å². The molecule has 0 aliphatic carbocycles. The monoisotopic (exact) mass is 301 g/mol. The molecule has 0 spiro atoms. The number of rotatable bonds is 3. The van der Waals surface area contributed by atoms with Crippen molar-refractivity contribution in [2.24, 2.45) is 0 Å². The number of fused-ring (bicyclic) bond motifs is 1. The van der Waals surface area contributed by atoms with Crippen LogP contribution in [0.25, 0.3) is 10.2 Å². The maximum Gasteiger partial charge on any atom is 0.228 e. The molecule has 0 saturated heterocycles. The van der Waals surface area contributed by atoms with Crippen molar-refractivity contribution in [2.75, 3.05) is 5.32 Å². The number of amides is 1. The number of nitrogens with zero attached hydrogens (tertiary/aromatic N) is 1. The lowest BCUT2D eigenvalue weighted by Crippen LogP contribution is -2.14. The number of benzene rings is 2. The Hall–Kier alpha value is -1.91. The molecule has 2 aromatic carbocycles. The summed E-state index contributed by atoms with van der Waals surface area (Å²) in [5.41, 5.74) is 5.43. The minimum Gasteiger partial charge on any atom is -0.326 e. The Morgan fingerprint density at radius 1 is 1.25 bits per heavy atom. The second-order valence-corrected chi connectivity index (χ2v) is 5.60. The van der Waals surface area contributed by atoms with Crippen LogP contribution in [0, 0.1) is 5.51 Å². The number of halogens is 1. The van der Waals surface area contributed by atoms with E-state index in [0.717, 1.165) is 21.5 Å². The lowest BCUT2D eigenvalue weighted by molar-refractivity contribution is -0.115. The third-order valence-electron chi connectivity index (χ3n) is 2.84. The SMILES string of the molecule is O=C(Cc1ccc(Cl)cc1)Nc1ccc2n[c]sc2c1. The van der Waals surface area contributed by atoms with Crippen molar-refractivity contribution in [3.05, 3.63) is 58.6 Å². The Bertz CT molecular complexity index is 752. The average molecular weight is 302 g/mol. The van der Waals surface area contributed by atoms with Gasteiger partial charge in [0.15, 0.2) is 5.51 Å². The van der Waals surface area contributed by atoms with Gasteiger partial charge in [0.05, 0.1) is 16.6 Å². The first kappa shape index (κ1) is 13.1. The zero-order valence-corrected chi connectivity index (χ0v) is 12.0. The Morgan fingerprint density at radius 3 is 2.85 bits per heavy atom. The predicted molar refractivity (Wildman–Crippen MR) is 82.2 cm³/mol. The lowest BCUT2D eigenvalue weighted by Gasteiger charge is -2.05. The number of hydrogen-bond donors (Lipinski definition) is 1. The molecule has 1 radical (unpaired) electrons. The van der Waals surface area contributed by atoms with Gasteiger partial charge in [-0.2, -0.15) is 0 Å². The van der Waals surface area contributed by atoms with Crippen LogP contribution in [0.1, 0.15) is 5.56 Å². The first-order chi connectivity index (χ1) is 9.70.